The number of carboxylic acids is 1. The molecule has 1 amide bonds. The Morgan fingerprint density at radius 3 is 2.46 bits per heavy atom. The monoisotopic (exact) mass is 481 g/mol. The summed E-state index contributed by atoms with van der Waals surface area (Å²) in [7, 11) is 0. The number of aliphatic carboxylic acids is 1. The Labute approximate surface area is 208 Å². The van der Waals surface area contributed by atoms with E-state index in [-0.39, 0.29) is 23.7 Å². The van der Waals surface area contributed by atoms with E-state index in [9.17, 15) is 24.9 Å². The summed E-state index contributed by atoms with van der Waals surface area (Å²) in [6, 6.07) is 0. The summed E-state index contributed by atoms with van der Waals surface area (Å²) in [5.74, 6) is -2.40. The van der Waals surface area contributed by atoms with Crippen LogP contribution in [0.4, 0.5) is 0 Å². The van der Waals surface area contributed by atoms with Crippen molar-refractivity contribution in [3.05, 3.63) is 70.5 Å². The second-order valence-electron chi connectivity index (χ2n) is 10.7. The van der Waals surface area contributed by atoms with Gasteiger partial charge in [-0.15, -0.1) is 0 Å². The molecule has 1 unspecified atom stereocenters. The van der Waals surface area contributed by atoms with Crippen molar-refractivity contribution in [3.63, 3.8) is 0 Å². The fourth-order valence-electron chi connectivity index (χ4n) is 5.88. The molecule has 2 aliphatic carbocycles. The van der Waals surface area contributed by atoms with Crippen molar-refractivity contribution in [2.75, 3.05) is 0 Å². The predicted molar refractivity (Wildman–Crippen MR) is 137 cm³/mol. The molecule has 0 fully saturated rings. The van der Waals surface area contributed by atoms with Gasteiger partial charge in [0.25, 0.3) is 5.91 Å². The molecule has 1 aliphatic heterocycles. The van der Waals surface area contributed by atoms with Gasteiger partial charge in [-0.05, 0) is 31.3 Å². The Kier molecular flexibility index (Phi) is 7.77. The zero-order chi connectivity index (χ0) is 26.2. The van der Waals surface area contributed by atoms with Crippen LogP contribution in [0, 0.1) is 29.1 Å². The molecule has 6 heteroatoms. The summed E-state index contributed by atoms with van der Waals surface area (Å²) in [5.41, 5.74) is 2.80. The van der Waals surface area contributed by atoms with Crippen LogP contribution in [0.1, 0.15) is 54.4 Å². The maximum Gasteiger partial charge on any atom is 0.312 e. The highest BCUT2D eigenvalue weighted by atomic mass is 16.4. The Balaban J connectivity index is 2.06. The second-order valence-corrected chi connectivity index (χ2v) is 10.7. The smallest absolute Gasteiger partial charge is 0.312 e. The summed E-state index contributed by atoms with van der Waals surface area (Å²) in [5, 5.41) is 33.9. The third-order valence-electron chi connectivity index (χ3n) is 8.17. The molecule has 1 heterocycles. The van der Waals surface area contributed by atoms with Crippen LogP contribution in [-0.2, 0) is 9.59 Å². The second kappa shape index (κ2) is 10.1. The molecule has 0 spiro atoms. The molecular weight excluding hydrogens is 442 g/mol. The number of carboxylic acid groups (broad SMARTS) is 1. The number of allylic oxidation sites excluding steroid dienone is 7. The summed E-state index contributed by atoms with van der Waals surface area (Å²) in [6.07, 6.45) is 9.56. The molecule has 3 rings (SSSR count). The largest absolute Gasteiger partial charge is 0.481 e. The molecule has 6 atom stereocenters. The van der Waals surface area contributed by atoms with E-state index in [0.717, 1.165) is 16.7 Å². The maximum atomic E-state index is 12.9. The van der Waals surface area contributed by atoms with Gasteiger partial charge in [0.2, 0.25) is 0 Å². The van der Waals surface area contributed by atoms with Gasteiger partial charge in [0.05, 0.1) is 18.1 Å². The summed E-state index contributed by atoms with van der Waals surface area (Å²) in [6.45, 7) is 15.7. The summed E-state index contributed by atoms with van der Waals surface area (Å²) >= 11 is 0. The molecule has 0 bridgehead atoms. The zero-order valence-electron chi connectivity index (χ0n) is 21.6. The average Bonchev–Trinajstić information content (AvgIpc) is 3.07. The van der Waals surface area contributed by atoms with Crippen LogP contribution in [0.15, 0.2) is 70.5 Å². The minimum absolute atomic E-state index is 0.0172. The van der Waals surface area contributed by atoms with Gasteiger partial charge in [-0.25, -0.2) is 0 Å². The molecule has 0 radical (unpaired) electrons. The van der Waals surface area contributed by atoms with Crippen LogP contribution < -0.4 is 5.32 Å². The van der Waals surface area contributed by atoms with Gasteiger partial charge in [-0.3, -0.25) is 9.59 Å². The summed E-state index contributed by atoms with van der Waals surface area (Å²) in [4.78, 5) is 25.6. The van der Waals surface area contributed by atoms with Crippen molar-refractivity contribution < 1.29 is 24.9 Å². The normalized spacial score (nSPS) is 31.3. The lowest BCUT2D eigenvalue weighted by atomic mass is 9.55. The molecular formula is C29H39NO5. The van der Waals surface area contributed by atoms with Crippen molar-refractivity contribution in [1.29, 1.82) is 0 Å². The highest BCUT2D eigenvalue weighted by Gasteiger charge is 2.55. The fourth-order valence-corrected chi connectivity index (χ4v) is 5.88. The van der Waals surface area contributed by atoms with E-state index in [0.29, 0.717) is 29.7 Å². The summed E-state index contributed by atoms with van der Waals surface area (Å²) < 4.78 is 0. The van der Waals surface area contributed by atoms with Gasteiger partial charge in [0.1, 0.15) is 0 Å². The predicted octanol–water partition coefficient (Wildman–Crippen LogP) is 4.45. The van der Waals surface area contributed by atoms with Crippen molar-refractivity contribution in [3.8, 4) is 0 Å². The molecule has 0 aromatic carbocycles. The Hall–Kier alpha value is -2.70. The zero-order valence-corrected chi connectivity index (χ0v) is 21.6. The number of aliphatic hydroxyl groups is 2. The Morgan fingerprint density at radius 1 is 1.20 bits per heavy atom. The van der Waals surface area contributed by atoms with Gasteiger partial charge in [0.15, 0.2) is 0 Å². The van der Waals surface area contributed by atoms with Gasteiger partial charge in [-0.1, -0.05) is 82.7 Å². The first-order chi connectivity index (χ1) is 16.3. The van der Waals surface area contributed by atoms with E-state index in [1.807, 2.05) is 71.9 Å². The van der Waals surface area contributed by atoms with Crippen LogP contribution >= 0.6 is 0 Å². The molecule has 0 aromatic rings. The van der Waals surface area contributed by atoms with Gasteiger partial charge in [0, 0.05) is 34.1 Å². The highest BCUT2D eigenvalue weighted by molar-refractivity contribution is 6.07. The number of amides is 1. The average molecular weight is 482 g/mol. The van der Waals surface area contributed by atoms with Crippen LogP contribution in [0.5, 0.6) is 0 Å². The van der Waals surface area contributed by atoms with Crippen LogP contribution in [0.25, 0.3) is 0 Å². The third-order valence-corrected chi connectivity index (χ3v) is 8.17. The minimum Gasteiger partial charge on any atom is -0.481 e. The van der Waals surface area contributed by atoms with E-state index in [4.69, 9.17) is 0 Å². The maximum absolute atomic E-state index is 12.9. The number of rotatable bonds is 7. The number of aliphatic hydroxyl groups excluding tert-OH is 2. The van der Waals surface area contributed by atoms with Crippen molar-refractivity contribution >= 4 is 11.9 Å². The molecule has 6 nitrogen and oxygen atoms in total. The standard InChI is InChI=1S/C29H39NO5/c1-15(2)26(32)16(3)11-9-8-10-12-17(4)29(7)20-13-14-21(31)18(5)22(20)24-23(25(29)28(34)35)19(6)30-27(24)33/h8-12,15-16,18,21,25-26,31-32H,6,13-14H2,1-5,7H3,(H,30,33)(H,34,35)/b10-8+,11-9+,17-12+/t16?,18-,21+,25-,26+,29+/m0/s1. The van der Waals surface area contributed by atoms with E-state index in [1.165, 1.54) is 0 Å². The molecule has 0 saturated carbocycles. The van der Waals surface area contributed by atoms with Crippen molar-refractivity contribution in [2.24, 2.45) is 29.1 Å². The molecule has 0 saturated heterocycles. The number of hydrogen-bond donors (Lipinski definition) is 4. The first-order valence-electron chi connectivity index (χ1n) is 12.4. The van der Waals surface area contributed by atoms with Crippen LogP contribution in [0.2, 0.25) is 0 Å². The molecule has 3 aliphatic rings. The number of hydrogen-bond acceptors (Lipinski definition) is 4. The van der Waals surface area contributed by atoms with E-state index in [1.54, 1.807) is 0 Å². The SMILES string of the molecule is C=C1NC(=O)C2=C1[C@@H](C(=O)O)[C@](C)(/C(C)=C/C=C/C=C/C(C)[C@H](O)C(C)C)C1=C2[C@@H](C)[C@H](O)CC1. The number of carbonyl (C=O) groups is 2. The van der Waals surface area contributed by atoms with Crippen LogP contribution in [-0.4, -0.2) is 39.4 Å². The number of carbonyl (C=O) groups excluding carboxylic acids is 1. The van der Waals surface area contributed by atoms with Crippen molar-refractivity contribution in [2.45, 2.75) is 66.6 Å². The van der Waals surface area contributed by atoms with Crippen LogP contribution in [0.3, 0.4) is 0 Å². The molecule has 190 valence electrons. The van der Waals surface area contributed by atoms with Gasteiger partial charge in [-0.2, -0.15) is 0 Å². The van der Waals surface area contributed by atoms with E-state index in [2.05, 4.69) is 11.9 Å². The Bertz CT molecular complexity index is 1070. The minimum atomic E-state index is -1.00. The fraction of sp³-hybridized carbons (Fsp3) is 0.517. The van der Waals surface area contributed by atoms with Gasteiger partial charge >= 0.3 is 5.97 Å². The van der Waals surface area contributed by atoms with Crippen molar-refractivity contribution in [1.82, 2.24) is 5.32 Å². The quantitative estimate of drug-likeness (QED) is 0.402. The lowest BCUT2D eigenvalue weighted by Crippen LogP contribution is -2.44. The first kappa shape index (κ1) is 26.9. The molecule has 35 heavy (non-hydrogen) atoms. The number of nitrogens with one attached hydrogen (secondary N) is 1. The van der Waals surface area contributed by atoms with E-state index < -0.39 is 29.5 Å². The molecule has 4 N–H and O–H groups in total. The van der Waals surface area contributed by atoms with Gasteiger partial charge < -0.3 is 20.6 Å². The first-order valence-corrected chi connectivity index (χ1v) is 12.4. The topological polar surface area (TPSA) is 107 Å². The lowest BCUT2D eigenvalue weighted by molar-refractivity contribution is -0.143. The lowest BCUT2D eigenvalue weighted by Gasteiger charge is -2.47. The van der Waals surface area contributed by atoms with E-state index >= 15 is 0 Å². The number of fused-ring (bicyclic) bond motifs is 1. The Morgan fingerprint density at radius 2 is 1.86 bits per heavy atom. The highest BCUT2D eigenvalue weighted by Crippen LogP contribution is 2.58. The third kappa shape index (κ3) is 4.62. The molecule has 0 aromatic heterocycles.